The van der Waals surface area contributed by atoms with Crippen molar-refractivity contribution < 1.29 is 14.5 Å². The van der Waals surface area contributed by atoms with E-state index in [0.717, 1.165) is 0 Å². The van der Waals surface area contributed by atoms with Crippen LogP contribution in [-0.2, 0) is 4.79 Å². The van der Waals surface area contributed by atoms with Gasteiger partial charge >= 0.3 is 5.69 Å². The second kappa shape index (κ2) is 8.28. The average Bonchev–Trinajstić information content (AvgIpc) is 2.36. The number of nitro groups is 1. The van der Waals surface area contributed by atoms with Crippen molar-refractivity contribution in [2.45, 2.75) is 13.0 Å². The van der Waals surface area contributed by atoms with Gasteiger partial charge in [-0.2, -0.15) is 0 Å². The molecule has 0 aliphatic heterocycles. The van der Waals surface area contributed by atoms with Crippen LogP contribution in [0.3, 0.4) is 0 Å². The minimum absolute atomic E-state index is 0. The van der Waals surface area contributed by atoms with Gasteiger partial charge in [0.15, 0.2) is 12.4 Å². The van der Waals surface area contributed by atoms with Gasteiger partial charge in [-0.05, 0) is 13.0 Å². The van der Waals surface area contributed by atoms with Crippen LogP contribution in [0.15, 0.2) is 24.3 Å². The Kier molecular flexibility index (Phi) is 7.47. The predicted octanol–water partition coefficient (Wildman–Crippen LogP) is 0.859. The van der Waals surface area contributed by atoms with Crippen molar-refractivity contribution in [3.8, 4) is 5.75 Å². The maximum Gasteiger partial charge on any atom is 0.310 e. The van der Waals surface area contributed by atoms with E-state index >= 15 is 0 Å². The molecule has 0 saturated heterocycles. The summed E-state index contributed by atoms with van der Waals surface area (Å²) in [5.41, 5.74) is 5.18. The van der Waals surface area contributed by atoms with Gasteiger partial charge < -0.3 is 15.8 Å². The quantitative estimate of drug-likeness (QED) is 0.596. The Hall–Kier alpha value is -1.86. The molecule has 0 heterocycles. The van der Waals surface area contributed by atoms with Crippen molar-refractivity contribution in [1.82, 2.24) is 5.32 Å². The number of para-hydroxylation sites is 2. The zero-order valence-electron chi connectivity index (χ0n) is 10.4. The fourth-order valence-electron chi connectivity index (χ4n) is 1.25. The minimum Gasteiger partial charge on any atom is -0.477 e. The number of amides is 1. The van der Waals surface area contributed by atoms with E-state index in [-0.39, 0.29) is 42.4 Å². The van der Waals surface area contributed by atoms with Gasteiger partial charge in [-0.1, -0.05) is 12.1 Å². The van der Waals surface area contributed by atoms with E-state index in [4.69, 9.17) is 10.5 Å². The van der Waals surface area contributed by atoms with E-state index < -0.39 is 4.92 Å². The lowest BCUT2D eigenvalue weighted by molar-refractivity contribution is -0.385. The van der Waals surface area contributed by atoms with Crippen molar-refractivity contribution in [3.05, 3.63) is 34.4 Å². The van der Waals surface area contributed by atoms with Gasteiger partial charge in [0.2, 0.25) is 0 Å². The summed E-state index contributed by atoms with van der Waals surface area (Å²) >= 11 is 0. The van der Waals surface area contributed by atoms with Crippen molar-refractivity contribution >= 4 is 24.0 Å². The molecule has 8 heteroatoms. The third-order valence-corrected chi connectivity index (χ3v) is 2.18. The molecule has 106 valence electrons. The number of benzene rings is 1. The highest BCUT2D eigenvalue weighted by molar-refractivity contribution is 5.85. The Morgan fingerprint density at radius 1 is 1.53 bits per heavy atom. The first-order chi connectivity index (χ1) is 8.54. The zero-order valence-corrected chi connectivity index (χ0v) is 11.2. The molecule has 0 spiro atoms. The van der Waals surface area contributed by atoms with Gasteiger partial charge in [0.1, 0.15) is 0 Å². The maximum absolute atomic E-state index is 11.4. The molecule has 3 N–H and O–H groups in total. The van der Waals surface area contributed by atoms with Crippen LogP contribution < -0.4 is 15.8 Å². The van der Waals surface area contributed by atoms with E-state index in [2.05, 4.69) is 5.32 Å². The molecule has 0 fully saturated rings. The first kappa shape index (κ1) is 17.1. The molecule has 7 nitrogen and oxygen atoms in total. The molecule has 1 aromatic rings. The molecule has 1 aromatic carbocycles. The Morgan fingerprint density at radius 3 is 2.74 bits per heavy atom. The molecule has 0 saturated carbocycles. The summed E-state index contributed by atoms with van der Waals surface area (Å²) in [6.07, 6.45) is 0. The van der Waals surface area contributed by atoms with Gasteiger partial charge in [-0.15, -0.1) is 12.4 Å². The Bertz CT molecular complexity index is 442. The predicted molar refractivity (Wildman–Crippen MR) is 72.5 cm³/mol. The summed E-state index contributed by atoms with van der Waals surface area (Å²) in [4.78, 5) is 21.5. The molecule has 1 rings (SSSR count). The maximum atomic E-state index is 11.4. The molecule has 0 unspecified atom stereocenters. The second-order valence-electron chi connectivity index (χ2n) is 3.72. The molecular weight excluding hydrogens is 274 g/mol. The number of hydrogen-bond acceptors (Lipinski definition) is 5. The first-order valence-corrected chi connectivity index (χ1v) is 5.40. The highest BCUT2D eigenvalue weighted by atomic mass is 35.5. The number of rotatable bonds is 6. The van der Waals surface area contributed by atoms with Crippen LogP contribution in [0.1, 0.15) is 6.92 Å². The van der Waals surface area contributed by atoms with Crippen molar-refractivity contribution in [3.63, 3.8) is 0 Å². The van der Waals surface area contributed by atoms with Crippen molar-refractivity contribution in [2.75, 3.05) is 13.2 Å². The molecule has 0 aromatic heterocycles. The Morgan fingerprint density at radius 2 is 2.16 bits per heavy atom. The molecule has 0 aliphatic rings. The Balaban J connectivity index is 0.00000324. The lowest BCUT2D eigenvalue weighted by Gasteiger charge is -2.11. The minimum atomic E-state index is -0.560. The summed E-state index contributed by atoms with van der Waals surface area (Å²) in [6.45, 7) is 1.79. The molecular formula is C11H16ClN3O4. The van der Waals surface area contributed by atoms with E-state index in [0.29, 0.717) is 6.54 Å². The van der Waals surface area contributed by atoms with E-state index in [1.807, 2.05) is 0 Å². The summed E-state index contributed by atoms with van der Waals surface area (Å²) < 4.78 is 5.11. The number of hydrogen-bond donors (Lipinski definition) is 2. The number of nitrogens with zero attached hydrogens (tertiary/aromatic N) is 1. The van der Waals surface area contributed by atoms with Crippen LogP contribution in [-0.4, -0.2) is 30.0 Å². The molecule has 1 atom stereocenters. The smallest absolute Gasteiger partial charge is 0.310 e. The topological polar surface area (TPSA) is 107 Å². The van der Waals surface area contributed by atoms with Crippen molar-refractivity contribution in [1.29, 1.82) is 0 Å². The van der Waals surface area contributed by atoms with Gasteiger partial charge in [-0.25, -0.2) is 0 Å². The number of carbonyl (C=O) groups is 1. The fourth-order valence-corrected chi connectivity index (χ4v) is 1.25. The van der Waals surface area contributed by atoms with Crippen LogP contribution in [0.2, 0.25) is 0 Å². The first-order valence-electron chi connectivity index (χ1n) is 5.40. The van der Waals surface area contributed by atoms with E-state index in [9.17, 15) is 14.9 Å². The molecule has 0 bridgehead atoms. The van der Waals surface area contributed by atoms with Gasteiger partial charge in [-0.3, -0.25) is 14.9 Å². The third kappa shape index (κ3) is 5.54. The number of nitro benzene ring substituents is 1. The summed E-state index contributed by atoms with van der Waals surface area (Å²) in [5, 5.41) is 13.3. The van der Waals surface area contributed by atoms with Crippen LogP contribution >= 0.6 is 12.4 Å². The average molecular weight is 290 g/mol. The molecule has 19 heavy (non-hydrogen) atoms. The van der Waals surface area contributed by atoms with Crippen LogP contribution in [0, 0.1) is 10.1 Å². The number of halogens is 1. The van der Waals surface area contributed by atoms with E-state index in [1.165, 1.54) is 18.2 Å². The van der Waals surface area contributed by atoms with Crippen molar-refractivity contribution in [2.24, 2.45) is 5.73 Å². The third-order valence-electron chi connectivity index (χ3n) is 2.18. The monoisotopic (exact) mass is 289 g/mol. The number of nitrogens with two attached hydrogens (primary N) is 1. The van der Waals surface area contributed by atoms with Gasteiger partial charge in [0.05, 0.1) is 4.92 Å². The number of ether oxygens (including phenoxy) is 1. The molecule has 0 aliphatic carbocycles. The van der Waals surface area contributed by atoms with E-state index in [1.54, 1.807) is 13.0 Å². The highest BCUT2D eigenvalue weighted by Crippen LogP contribution is 2.25. The summed E-state index contributed by atoms with van der Waals surface area (Å²) in [7, 11) is 0. The summed E-state index contributed by atoms with van der Waals surface area (Å²) in [6, 6.07) is 5.73. The second-order valence-corrected chi connectivity index (χ2v) is 3.72. The van der Waals surface area contributed by atoms with Gasteiger partial charge in [0.25, 0.3) is 5.91 Å². The lowest BCUT2D eigenvalue weighted by atomic mass is 10.3. The van der Waals surface area contributed by atoms with Gasteiger partial charge in [0, 0.05) is 18.7 Å². The SMILES string of the molecule is C[C@@H](CN)NC(=O)COc1ccccc1[N+](=O)[O-].Cl. The largest absolute Gasteiger partial charge is 0.477 e. The molecule has 1 amide bonds. The number of nitrogens with one attached hydrogen (secondary N) is 1. The normalized spacial score (nSPS) is 11.1. The number of carbonyl (C=O) groups excluding carboxylic acids is 1. The van der Waals surface area contributed by atoms with Crippen LogP contribution in [0.5, 0.6) is 5.75 Å². The van der Waals surface area contributed by atoms with Crippen LogP contribution in [0.4, 0.5) is 5.69 Å². The zero-order chi connectivity index (χ0) is 13.5. The Labute approximate surface area is 116 Å². The molecule has 0 radical (unpaired) electrons. The summed E-state index contributed by atoms with van der Waals surface area (Å²) in [5.74, 6) is -0.302. The lowest BCUT2D eigenvalue weighted by Crippen LogP contribution is -2.40. The highest BCUT2D eigenvalue weighted by Gasteiger charge is 2.15. The van der Waals surface area contributed by atoms with Crippen LogP contribution in [0.25, 0.3) is 0 Å². The standard InChI is InChI=1S/C11H15N3O4.ClH/c1-8(6-12)13-11(15)7-18-10-5-3-2-4-9(10)14(16)17;/h2-5,8H,6-7,12H2,1H3,(H,13,15);1H/t8-;/m0./s1. The fraction of sp³-hybridized carbons (Fsp3) is 0.364.